The Kier molecular flexibility index (Phi) is 5.76. The molecule has 0 radical (unpaired) electrons. The molecule has 1 aliphatic carbocycles. The van der Waals surface area contributed by atoms with Crippen LogP contribution in [0.25, 0.3) is 0 Å². The molecule has 1 fully saturated rings. The highest BCUT2D eigenvalue weighted by molar-refractivity contribution is 7.80. The minimum Gasteiger partial charge on any atom is -0.391 e. The summed E-state index contributed by atoms with van der Waals surface area (Å²) in [6.07, 6.45) is 7.68. The molecule has 0 amide bonds. The van der Waals surface area contributed by atoms with Crippen LogP contribution in [0.5, 0.6) is 0 Å². The second kappa shape index (κ2) is 8.21. The molecule has 1 N–H and O–H groups in total. The number of nitrogens with one attached hydrogen (secondary N) is 1. The standard InChI is InChI=1S/C20H23N3OS/c1-21-19(25)20(17-10-7-13-22-14-17)12-6-5-11-18(20)23-24-15-16-8-3-2-4-9-16/h2-4,7-10,13-14H,5-6,11-12,15H2,1H3,(H,21,25). The first-order valence-electron chi connectivity index (χ1n) is 8.63. The Morgan fingerprint density at radius 1 is 1.24 bits per heavy atom. The summed E-state index contributed by atoms with van der Waals surface area (Å²) in [5, 5.41) is 7.72. The second-order valence-electron chi connectivity index (χ2n) is 6.23. The lowest BCUT2D eigenvalue weighted by Gasteiger charge is -2.38. The third-order valence-electron chi connectivity index (χ3n) is 4.73. The summed E-state index contributed by atoms with van der Waals surface area (Å²) < 4.78 is 0. The van der Waals surface area contributed by atoms with Crippen LogP contribution in [0, 0.1) is 0 Å². The molecule has 1 aliphatic rings. The zero-order valence-electron chi connectivity index (χ0n) is 14.4. The molecule has 1 atom stereocenters. The molecule has 130 valence electrons. The molecule has 1 heterocycles. The Labute approximate surface area is 154 Å². The van der Waals surface area contributed by atoms with E-state index in [2.05, 4.69) is 21.5 Å². The molecule has 25 heavy (non-hydrogen) atoms. The van der Waals surface area contributed by atoms with Gasteiger partial charge in [-0.1, -0.05) is 60.2 Å². The number of oxime groups is 1. The number of pyridine rings is 1. The Balaban J connectivity index is 1.91. The number of thiocarbonyl (C=S) groups is 1. The lowest BCUT2D eigenvalue weighted by molar-refractivity contribution is 0.127. The third kappa shape index (κ3) is 3.71. The van der Waals surface area contributed by atoms with Gasteiger partial charge in [0, 0.05) is 19.4 Å². The average molecular weight is 353 g/mol. The van der Waals surface area contributed by atoms with Gasteiger partial charge in [-0.25, -0.2) is 0 Å². The van der Waals surface area contributed by atoms with E-state index in [1.54, 1.807) is 6.20 Å². The van der Waals surface area contributed by atoms with Gasteiger partial charge in [-0.05, 0) is 36.5 Å². The van der Waals surface area contributed by atoms with Crippen molar-refractivity contribution in [2.75, 3.05) is 7.05 Å². The zero-order valence-corrected chi connectivity index (χ0v) is 15.3. The minimum atomic E-state index is -0.423. The number of rotatable bonds is 5. The quantitative estimate of drug-likeness (QED) is 0.652. The van der Waals surface area contributed by atoms with Crippen molar-refractivity contribution >= 4 is 22.9 Å². The number of nitrogens with zero attached hydrogens (tertiary/aromatic N) is 2. The van der Waals surface area contributed by atoms with Crippen molar-refractivity contribution in [1.82, 2.24) is 10.3 Å². The van der Waals surface area contributed by atoms with Crippen LogP contribution < -0.4 is 5.32 Å². The van der Waals surface area contributed by atoms with E-state index in [-0.39, 0.29) is 0 Å². The number of aromatic nitrogens is 1. The van der Waals surface area contributed by atoms with Gasteiger partial charge >= 0.3 is 0 Å². The summed E-state index contributed by atoms with van der Waals surface area (Å²) in [6, 6.07) is 14.1. The maximum Gasteiger partial charge on any atom is 0.142 e. The third-order valence-corrected chi connectivity index (χ3v) is 5.28. The van der Waals surface area contributed by atoms with E-state index in [1.807, 2.05) is 49.6 Å². The molecular weight excluding hydrogens is 330 g/mol. The van der Waals surface area contributed by atoms with Crippen molar-refractivity contribution in [2.24, 2.45) is 5.16 Å². The van der Waals surface area contributed by atoms with Gasteiger partial charge in [-0.15, -0.1) is 0 Å². The summed E-state index contributed by atoms with van der Waals surface area (Å²) in [7, 11) is 1.87. The first kappa shape index (κ1) is 17.5. The largest absolute Gasteiger partial charge is 0.391 e. The predicted molar refractivity (Wildman–Crippen MR) is 105 cm³/mol. The number of hydrogen-bond donors (Lipinski definition) is 1. The lowest BCUT2D eigenvalue weighted by Crippen LogP contribution is -2.50. The van der Waals surface area contributed by atoms with E-state index in [1.165, 1.54) is 0 Å². The fourth-order valence-electron chi connectivity index (χ4n) is 3.44. The van der Waals surface area contributed by atoms with Gasteiger partial charge in [-0.3, -0.25) is 4.98 Å². The molecule has 1 aromatic carbocycles. The molecule has 0 saturated heterocycles. The number of likely N-dealkylation sites (N-methyl/N-ethyl adjacent to an activating group) is 1. The minimum absolute atomic E-state index is 0.423. The monoisotopic (exact) mass is 353 g/mol. The van der Waals surface area contributed by atoms with Crippen LogP contribution in [-0.4, -0.2) is 22.7 Å². The number of hydrogen-bond acceptors (Lipinski definition) is 4. The van der Waals surface area contributed by atoms with Crippen molar-refractivity contribution in [3.8, 4) is 0 Å². The van der Waals surface area contributed by atoms with Crippen molar-refractivity contribution in [3.05, 3.63) is 66.0 Å². The smallest absolute Gasteiger partial charge is 0.142 e. The van der Waals surface area contributed by atoms with Gasteiger partial charge < -0.3 is 10.2 Å². The van der Waals surface area contributed by atoms with E-state index in [0.29, 0.717) is 6.61 Å². The fraction of sp³-hybridized carbons (Fsp3) is 0.350. The van der Waals surface area contributed by atoms with Gasteiger partial charge in [0.1, 0.15) is 6.61 Å². The van der Waals surface area contributed by atoms with Crippen molar-refractivity contribution in [2.45, 2.75) is 37.7 Å². The van der Waals surface area contributed by atoms with Gasteiger partial charge in [0.05, 0.1) is 16.1 Å². The Morgan fingerprint density at radius 2 is 2.08 bits per heavy atom. The molecule has 3 rings (SSSR count). The summed E-state index contributed by atoms with van der Waals surface area (Å²) >= 11 is 5.72. The molecule has 0 bridgehead atoms. The van der Waals surface area contributed by atoms with E-state index >= 15 is 0 Å². The van der Waals surface area contributed by atoms with Crippen molar-refractivity contribution in [1.29, 1.82) is 0 Å². The van der Waals surface area contributed by atoms with E-state index in [0.717, 1.165) is 47.5 Å². The Morgan fingerprint density at radius 3 is 2.80 bits per heavy atom. The summed E-state index contributed by atoms with van der Waals surface area (Å²) in [4.78, 5) is 10.8. The molecular formula is C20H23N3OS. The normalized spacial score (nSPS) is 21.7. The van der Waals surface area contributed by atoms with Crippen LogP contribution >= 0.6 is 12.2 Å². The van der Waals surface area contributed by atoms with Crippen LogP contribution in [0.1, 0.15) is 36.8 Å². The predicted octanol–water partition coefficient (Wildman–Crippen LogP) is 4.01. The maximum atomic E-state index is 5.72. The van der Waals surface area contributed by atoms with Crippen LogP contribution in [0.3, 0.4) is 0 Å². The summed E-state index contributed by atoms with van der Waals surface area (Å²) in [5.41, 5.74) is 2.75. The Hall–Kier alpha value is -2.27. The number of benzene rings is 1. The molecule has 5 heteroatoms. The highest BCUT2D eigenvalue weighted by atomic mass is 32.1. The Bertz CT molecular complexity index is 733. The van der Waals surface area contributed by atoms with E-state index < -0.39 is 5.41 Å². The van der Waals surface area contributed by atoms with Gasteiger partial charge in [0.25, 0.3) is 0 Å². The summed E-state index contributed by atoms with van der Waals surface area (Å²) in [5.74, 6) is 0. The van der Waals surface area contributed by atoms with Crippen LogP contribution in [0.2, 0.25) is 0 Å². The van der Waals surface area contributed by atoms with Crippen molar-refractivity contribution < 1.29 is 4.84 Å². The second-order valence-corrected chi connectivity index (χ2v) is 6.64. The van der Waals surface area contributed by atoms with E-state index in [9.17, 15) is 0 Å². The molecule has 2 aromatic rings. The molecule has 0 spiro atoms. The fourth-order valence-corrected chi connectivity index (χ4v) is 3.78. The topological polar surface area (TPSA) is 46.5 Å². The highest BCUT2D eigenvalue weighted by Gasteiger charge is 2.44. The van der Waals surface area contributed by atoms with Gasteiger partial charge in [0.15, 0.2) is 0 Å². The molecule has 0 aliphatic heterocycles. The van der Waals surface area contributed by atoms with Crippen molar-refractivity contribution in [3.63, 3.8) is 0 Å². The molecule has 4 nitrogen and oxygen atoms in total. The molecule has 1 saturated carbocycles. The molecule has 1 unspecified atom stereocenters. The first-order valence-corrected chi connectivity index (χ1v) is 9.04. The SMILES string of the molecule is CNC(=S)C1(c2cccnc2)CCCCC1=NOCc1ccccc1. The van der Waals surface area contributed by atoms with Crippen LogP contribution in [0.4, 0.5) is 0 Å². The highest BCUT2D eigenvalue weighted by Crippen LogP contribution is 2.38. The summed E-state index contributed by atoms with van der Waals surface area (Å²) in [6.45, 7) is 0.458. The van der Waals surface area contributed by atoms with E-state index in [4.69, 9.17) is 17.1 Å². The lowest BCUT2D eigenvalue weighted by atomic mass is 9.68. The average Bonchev–Trinajstić information content (AvgIpc) is 2.69. The van der Waals surface area contributed by atoms with Gasteiger partial charge in [-0.2, -0.15) is 0 Å². The van der Waals surface area contributed by atoms with Crippen LogP contribution in [-0.2, 0) is 16.9 Å². The zero-order chi connectivity index (χ0) is 17.5. The molecule has 1 aromatic heterocycles. The van der Waals surface area contributed by atoms with Gasteiger partial charge in [0.2, 0.25) is 0 Å². The van der Waals surface area contributed by atoms with Crippen LogP contribution in [0.15, 0.2) is 60.0 Å². The first-order chi connectivity index (χ1) is 12.3. The maximum absolute atomic E-state index is 5.72.